The Morgan fingerprint density at radius 2 is 1.68 bits per heavy atom. The fraction of sp³-hybridized carbons (Fsp3) is 0.118. The van der Waals surface area contributed by atoms with Gasteiger partial charge >= 0.3 is 6.18 Å². The van der Waals surface area contributed by atoms with Crippen molar-refractivity contribution in [2.75, 3.05) is 0 Å². The zero-order valence-electron chi connectivity index (χ0n) is 11.6. The van der Waals surface area contributed by atoms with Crippen LogP contribution in [0.1, 0.15) is 28.4 Å². The predicted molar refractivity (Wildman–Crippen MR) is 75.8 cm³/mol. The van der Waals surface area contributed by atoms with Crippen molar-refractivity contribution in [1.29, 1.82) is 0 Å². The maximum absolute atomic E-state index is 13.7. The quantitative estimate of drug-likeness (QED) is 0.436. The third-order valence-corrected chi connectivity index (χ3v) is 3.12. The Morgan fingerprint density at radius 3 is 2.27 bits per heavy atom. The average molecular weight is 308 g/mol. The highest BCUT2D eigenvalue weighted by atomic mass is 19.4. The maximum atomic E-state index is 13.7. The van der Waals surface area contributed by atoms with E-state index in [9.17, 15) is 22.4 Å². The van der Waals surface area contributed by atoms with Crippen LogP contribution in [0.2, 0.25) is 0 Å². The first-order chi connectivity index (χ1) is 10.3. The van der Waals surface area contributed by atoms with Crippen molar-refractivity contribution in [2.24, 2.45) is 0 Å². The van der Waals surface area contributed by atoms with Gasteiger partial charge in [-0.1, -0.05) is 30.3 Å². The number of carbonyl (C=O) groups excluding carboxylic acids is 1. The second-order valence-corrected chi connectivity index (χ2v) is 4.75. The molecular formula is C17H12F4O. The molecule has 1 nitrogen and oxygen atoms in total. The fourth-order valence-corrected chi connectivity index (χ4v) is 1.96. The molecule has 0 radical (unpaired) electrons. The minimum Gasteiger partial charge on any atom is -0.289 e. The summed E-state index contributed by atoms with van der Waals surface area (Å²) in [6.07, 6.45) is -3.43. The van der Waals surface area contributed by atoms with Crippen molar-refractivity contribution < 1.29 is 22.4 Å². The van der Waals surface area contributed by atoms with E-state index >= 15 is 0 Å². The Kier molecular flexibility index (Phi) is 4.45. The molecule has 0 fully saturated rings. The third kappa shape index (κ3) is 3.61. The summed E-state index contributed by atoms with van der Waals surface area (Å²) in [6.45, 7) is 1.40. The van der Waals surface area contributed by atoms with E-state index in [1.165, 1.54) is 6.92 Å². The summed E-state index contributed by atoms with van der Waals surface area (Å²) in [5.74, 6) is -1.20. The van der Waals surface area contributed by atoms with Crippen LogP contribution in [0, 0.1) is 5.82 Å². The van der Waals surface area contributed by atoms with E-state index in [0.29, 0.717) is 17.7 Å². The molecule has 0 bridgehead atoms. The molecule has 2 aromatic carbocycles. The van der Waals surface area contributed by atoms with Gasteiger partial charge in [0.05, 0.1) is 5.56 Å². The normalized spacial score (nSPS) is 12.3. The highest BCUT2D eigenvalue weighted by Crippen LogP contribution is 2.32. The van der Waals surface area contributed by atoms with E-state index in [0.717, 1.165) is 12.1 Å². The lowest BCUT2D eigenvalue weighted by molar-refractivity contribution is -0.137. The smallest absolute Gasteiger partial charge is 0.289 e. The summed E-state index contributed by atoms with van der Waals surface area (Å²) in [7, 11) is 0. The van der Waals surface area contributed by atoms with Gasteiger partial charge in [-0.25, -0.2) is 4.39 Å². The number of rotatable bonds is 3. The van der Waals surface area contributed by atoms with Gasteiger partial charge in [0.1, 0.15) is 5.82 Å². The molecule has 0 atom stereocenters. The van der Waals surface area contributed by atoms with Gasteiger partial charge in [-0.05, 0) is 36.8 Å². The average Bonchev–Trinajstić information content (AvgIpc) is 2.47. The molecule has 2 rings (SSSR count). The maximum Gasteiger partial charge on any atom is 0.416 e. The van der Waals surface area contributed by atoms with Crippen molar-refractivity contribution in [3.05, 3.63) is 77.1 Å². The van der Waals surface area contributed by atoms with Crippen molar-refractivity contribution in [1.82, 2.24) is 0 Å². The molecule has 0 aliphatic carbocycles. The number of halogens is 4. The fourth-order valence-electron chi connectivity index (χ4n) is 1.96. The van der Waals surface area contributed by atoms with Gasteiger partial charge in [-0.15, -0.1) is 0 Å². The third-order valence-electron chi connectivity index (χ3n) is 3.12. The Morgan fingerprint density at radius 1 is 1.05 bits per heavy atom. The van der Waals surface area contributed by atoms with Crippen LogP contribution in [0.15, 0.2) is 54.6 Å². The summed E-state index contributed by atoms with van der Waals surface area (Å²) in [4.78, 5) is 12.0. The zero-order chi connectivity index (χ0) is 16.3. The lowest BCUT2D eigenvalue weighted by Crippen LogP contribution is -2.06. The molecule has 0 aromatic heterocycles. The van der Waals surface area contributed by atoms with E-state index in [2.05, 4.69) is 0 Å². The topological polar surface area (TPSA) is 17.1 Å². The molecule has 0 amide bonds. The largest absolute Gasteiger partial charge is 0.416 e. The molecule has 0 N–H and O–H groups in total. The summed E-state index contributed by atoms with van der Waals surface area (Å²) in [5.41, 5.74) is -0.672. The number of hydrogen-bond acceptors (Lipinski definition) is 1. The summed E-state index contributed by atoms with van der Waals surface area (Å²) >= 11 is 0. The van der Waals surface area contributed by atoms with Gasteiger partial charge in [0, 0.05) is 11.1 Å². The molecule has 0 saturated heterocycles. The van der Waals surface area contributed by atoms with Crippen molar-refractivity contribution in [2.45, 2.75) is 13.1 Å². The summed E-state index contributed by atoms with van der Waals surface area (Å²) in [5, 5.41) is 0. The lowest BCUT2D eigenvalue weighted by atomic mass is 10.0. The van der Waals surface area contributed by atoms with E-state index < -0.39 is 23.3 Å². The van der Waals surface area contributed by atoms with Crippen LogP contribution in [-0.4, -0.2) is 5.78 Å². The lowest BCUT2D eigenvalue weighted by Gasteiger charge is -2.10. The van der Waals surface area contributed by atoms with E-state index in [-0.39, 0.29) is 11.1 Å². The highest BCUT2D eigenvalue weighted by Gasteiger charge is 2.31. The second kappa shape index (κ2) is 6.13. The minimum atomic E-state index is -4.56. The molecule has 0 spiro atoms. The van der Waals surface area contributed by atoms with Crippen molar-refractivity contribution in [3.63, 3.8) is 0 Å². The number of alkyl halides is 3. The summed E-state index contributed by atoms with van der Waals surface area (Å²) < 4.78 is 51.8. The minimum absolute atomic E-state index is 0.137. The molecule has 114 valence electrons. The molecule has 0 aliphatic heterocycles. The molecule has 0 saturated carbocycles. The first-order valence-electron chi connectivity index (χ1n) is 6.44. The zero-order valence-corrected chi connectivity index (χ0v) is 11.6. The number of hydrogen-bond donors (Lipinski definition) is 0. The monoisotopic (exact) mass is 308 g/mol. The van der Waals surface area contributed by atoms with Crippen LogP contribution in [0.3, 0.4) is 0 Å². The van der Waals surface area contributed by atoms with Gasteiger partial charge in [0.15, 0.2) is 5.78 Å². The van der Waals surface area contributed by atoms with Crippen molar-refractivity contribution >= 4 is 11.4 Å². The SMILES string of the molecule is C/C(=C\C(=O)c1ccccc1)c1cc(C(F)(F)F)ccc1F. The first-order valence-corrected chi connectivity index (χ1v) is 6.44. The Hall–Kier alpha value is -2.43. The Balaban J connectivity index is 2.39. The predicted octanol–water partition coefficient (Wildman–Crippen LogP) is 5.13. The van der Waals surface area contributed by atoms with Gasteiger partial charge in [-0.2, -0.15) is 13.2 Å². The molecular weight excluding hydrogens is 296 g/mol. The Labute approximate surface area is 124 Å². The summed E-state index contributed by atoms with van der Waals surface area (Å²) in [6, 6.07) is 10.4. The Bertz CT molecular complexity index is 715. The molecule has 0 aliphatic rings. The van der Waals surface area contributed by atoms with Gasteiger partial charge in [-0.3, -0.25) is 4.79 Å². The molecule has 2 aromatic rings. The van der Waals surface area contributed by atoms with Crippen LogP contribution in [-0.2, 0) is 6.18 Å². The number of benzene rings is 2. The van der Waals surface area contributed by atoms with Crippen LogP contribution in [0.5, 0.6) is 0 Å². The van der Waals surface area contributed by atoms with E-state index in [1.807, 2.05) is 0 Å². The van der Waals surface area contributed by atoms with Crippen LogP contribution in [0.25, 0.3) is 5.57 Å². The van der Waals surface area contributed by atoms with Crippen LogP contribution < -0.4 is 0 Å². The number of ketones is 1. The van der Waals surface area contributed by atoms with Gasteiger partial charge in [0.2, 0.25) is 0 Å². The standard InChI is InChI=1S/C17H12F4O/c1-11(9-16(22)12-5-3-2-4-6-12)14-10-13(17(19,20)21)7-8-15(14)18/h2-10H,1H3/b11-9+. The number of carbonyl (C=O) groups is 1. The van der Waals surface area contributed by atoms with Crippen molar-refractivity contribution in [3.8, 4) is 0 Å². The van der Waals surface area contributed by atoms with E-state index in [4.69, 9.17) is 0 Å². The molecule has 5 heteroatoms. The molecule has 0 unspecified atom stereocenters. The second-order valence-electron chi connectivity index (χ2n) is 4.75. The van der Waals surface area contributed by atoms with Gasteiger partial charge < -0.3 is 0 Å². The molecule has 22 heavy (non-hydrogen) atoms. The highest BCUT2D eigenvalue weighted by molar-refractivity contribution is 6.08. The van der Waals surface area contributed by atoms with E-state index in [1.54, 1.807) is 30.3 Å². The number of allylic oxidation sites excluding steroid dienone is 2. The van der Waals surface area contributed by atoms with Crippen LogP contribution >= 0.6 is 0 Å². The first kappa shape index (κ1) is 15.9. The molecule has 0 heterocycles. The van der Waals surface area contributed by atoms with Gasteiger partial charge in [0.25, 0.3) is 0 Å². The van der Waals surface area contributed by atoms with Crippen LogP contribution in [0.4, 0.5) is 17.6 Å².